The van der Waals surface area contributed by atoms with E-state index >= 15 is 0 Å². The van der Waals surface area contributed by atoms with Gasteiger partial charge in [0.25, 0.3) is 0 Å². The highest BCUT2D eigenvalue weighted by atomic mass is 16.3. The summed E-state index contributed by atoms with van der Waals surface area (Å²) in [5.41, 5.74) is 5.86. The number of fused-ring (bicyclic) bond motifs is 1. The van der Waals surface area contributed by atoms with Crippen LogP contribution in [0.25, 0.3) is 10.9 Å². The first-order chi connectivity index (χ1) is 5.68. The van der Waals surface area contributed by atoms with Crippen molar-refractivity contribution in [3.63, 3.8) is 0 Å². The van der Waals surface area contributed by atoms with E-state index in [1.165, 1.54) is 6.07 Å². The van der Waals surface area contributed by atoms with E-state index in [1.807, 2.05) is 0 Å². The monoisotopic (exact) mass is 166 g/mol. The summed E-state index contributed by atoms with van der Waals surface area (Å²) in [6.45, 7) is 0. The van der Waals surface area contributed by atoms with Gasteiger partial charge in [0.1, 0.15) is 5.39 Å². The third-order valence-corrected chi connectivity index (χ3v) is 1.54. The number of nitrogens with one attached hydrogen (secondary N) is 1. The molecule has 0 fully saturated rings. The summed E-state index contributed by atoms with van der Waals surface area (Å²) >= 11 is 0. The van der Waals surface area contributed by atoms with Crippen LogP contribution in [0.4, 0.5) is 5.82 Å². The molecule has 6 nitrogen and oxygen atoms in total. The molecule has 6 heteroatoms. The van der Waals surface area contributed by atoms with Crippen LogP contribution in [0.2, 0.25) is 0 Å². The van der Waals surface area contributed by atoms with Crippen LogP contribution in [-0.4, -0.2) is 25.4 Å². The van der Waals surface area contributed by atoms with Crippen LogP contribution in [-0.2, 0) is 0 Å². The Balaban J connectivity index is 2.93. The third kappa shape index (κ3) is 0.746. The number of aromatic amines is 1. The molecule has 0 aliphatic heterocycles. The lowest BCUT2D eigenvalue weighted by Crippen LogP contribution is -1.85. The predicted molar refractivity (Wildman–Crippen MR) is 41.6 cm³/mol. The molecule has 0 saturated carbocycles. The van der Waals surface area contributed by atoms with E-state index in [0.717, 1.165) is 0 Å². The molecule has 5 N–H and O–H groups in total. The van der Waals surface area contributed by atoms with Crippen molar-refractivity contribution >= 4 is 16.7 Å². The zero-order valence-electron chi connectivity index (χ0n) is 5.94. The summed E-state index contributed by atoms with van der Waals surface area (Å²) in [4.78, 5) is 3.41. The van der Waals surface area contributed by atoms with Gasteiger partial charge in [-0.2, -0.15) is 10.1 Å². The number of nitrogen functional groups attached to an aromatic ring is 1. The minimum atomic E-state index is -0.323. The molecule has 2 aromatic heterocycles. The zero-order valence-corrected chi connectivity index (χ0v) is 5.94. The first-order valence-corrected chi connectivity index (χ1v) is 3.21. The van der Waals surface area contributed by atoms with E-state index in [1.54, 1.807) is 0 Å². The molecule has 0 amide bonds. The Morgan fingerprint density at radius 2 is 2.17 bits per heavy atom. The maximum absolute atomic E-state index is 9.21. The summed E-state index contributed by atoms with van der Waals surface area (Å²) in [5.74, 6) is -0.435. The number of nitrogens with zero attached hydrogens (tertiary/aromatic N) is 2. The molecule has 0 aliphatic carbocycles. The van der Waals surface area contributed by atoms with Crippen LogP contribution in [0.1, 0.15) is 0 Å². The number of hydrogen-bond donors (Lipinski definition) is 4. The van der Waals surface area contributed by atoms with Gasteiger partial charge in [-0.05, 0) is 0 Å². The Kier molecular flexibility index (Phi) is 1.12. The van der Waals surface area contributed by atoms with Crippen molar-refractivity contribution in [2.24, 2.45) is 0 Å². The first-order valence-electron chi connectivity index (χ1n) is 3.21. The summed E-state index contributed by atoms with van der Waals surface area (Å²) in [6, 6.07) is 1.33. The Labute approximate surface area is 66.7 Å². The number of aromatic hydroxyl groups is 2. The number of aromatic nitrogens is 3. The average Bonchev–Trinajstić information content (AvgIpc) is 2.31. The molecule has 0 atom stereocenters. The molecule has 0 bridgehead atoms. The molecule has 0 radical (unpaired) electrons. The fourth-order valence-corrected chi connectivity index (χ4v) is 1.04. The van der Waals surface area contributed by atoms with Gasteiger partial charge in [-0.25, -0.2) is 0 Å². The molecular weight excluding hydrogens is 160 g/mol. The molecule has 2 rings (SSSR count). The fraction of sp³-hybridized carbons (Fsp3) is 0. The molecule has 2 heterocycles. The topological polar surface area (TPSA) is 108 Å². The van der Waals surface area contributed by atoms with Gasteiger partial charge in [0.2, 0.25) is 11.8 Å². The minimum absolute atomic E-state index is 0.162. The average molecular weight is 166 g/mol. The number of H-pyrrole nitrogens is 1. The van der Waals surface area contributed by atoms with Crippen molar-refractivity contribution < 1.29 is 10.2 Å². The van der Waals surface area contributed by atoms with Gasteiger partial charge in [0.05, 0.1) is 5.52 Å². The van der Waals surface area contributed by atoms with Gasteiger partial charge in [-0.1, -0.05) is 0 Å². The molecule has 0 spiro atoms. The molecule has 0 aromatic carbocycles. The van der Waals surface area contributed by atoms with Crippen LogP contribution >= 0.6 is 0 Å². The van der Waals surface area contributed by atoms with Crippen LogP contribution < -0.4 is 5.73 Å². The molecule has 0 unspecified atom stereocenters. The lowest BCUT2D eigenvalue weighted by atomic mass is 10.3. The van der Waals surface area contributed by atoms with Crippen LogP contribution in [0.3, 0.4) is 0 Å². The number of anilines is 1. The maximum atomic E-state index is 9.21. The molecular formula is C6H6N4O2. The zero-order chi connectivity index (χ0) is 8.72. The lowest BCUT2D eigenvalue weighted by molar-refractivity contribution is 0.418. The highest BCUT2D eigenvalue weighted by Crippen LogP contribution is 2.28. The van der Waals surface area contributed by atoms with Gasteiger partial charge >= 0.3 is 0 Å². The largest absolute Gasteiger partial charge is 0.493 e. The van der Waals surface area contributed by atoms with Crippen molar-refractivity contribution in [3.8, 4) is 11.8 Å². The van der Waals surface area contributed by atoms with Crippen molar-refractivity contribution in [2.45, 2.75) is 0 Å². The van der Waals surface area contributed by atoms with Gasteiger partial charge in [-0.15, -0.1) is 0 Å². The molecule has 62 valence electrons. The molecule has 12 heavy (non-hydrogen) atoms. The molecule has 0 saturated heterocycles. The highest BCUT2D eigenvalue weighted by molar-refractivity contribution is 5.93. The maximum Gasteiger partial charge on any atom is 0.227 e. The van der Waals surface area contributed by atoms with Gasteiger partial charge in [0.15, 0.2) is 5.82 Å². The van der Waals surface area contributed by atoms with E-state index in [9.17, 15) is 5.11 Å². The number of hydrogen-bond acceptors (Lipinski definition) is 5. The van der Waals surface area contributed by atoms with E-state index in [-0.39, 0.29) is 17.6 Å². The summed E-state index contributed by atoms with van der Waals surface area (Å²) in [6.07, 6.45) is 0. The second kappa shape index (κ2) is 2.00. The van der Waals surface area contributed by atoms with Crippen molar-refractivity contribution in [1.82, 2.24) is 15.2 Å². The van der Waals surface area contributed by atoms with Crippen molar-refractivity contribution in [1.29, 1.82) is 0 Å². The van der Waals surface area contributed by atoms with E-state index in [0.29, 0.717) is 10.9 Å². The standard InChI is InChI=1S/C6H6N4O2/c7-5-4-2(9-10-5)1-3(11)8-6(4)12/h1H,(H3,7,9,10)(H2,8,11,12). The smallest absolute Gasteiger partial charge is 0.227 e. The first kappa shape index (κ1) is 6.71. The van der Waals surface area contributed by atoms with Crippen LogP contribution in [0, 0.1) is 0 Å². The Bertz CT molecular complexity index is 436. The quantitative estimate of drug-likeness (QED) is 0.439. The van der Waals surface area contributed by atoms with Gasteiger partial charge < -0.3 is 15.9 Å². The molecule has 0 aliphatic rings. The number of pyridine rings is 1. The summed E-state index contributed by atoms with van der Waals surface area (Å²) < 4.78 is 0. The van der Waals surface area contributed by atoms with E-state index < -0.39 is 0 Å². The molecule has 2 aromatic rings. The second-order valence-corrected chi connectivity index (χ2v) is 2.34. The van der Waals surface area contributed by atoms with Gasteiger partial charge in [0, 0.05) is 6.07 Å². The van der Waals surface area contributed by atoms with E-state index in [2.05, 4.69) is 15.2 Å². The Hall–Kier alpha value is -1.98. The Morgan fingerprint density at radius 1 is 1.42 bits per heavy atom. The van der Waals surface area contributed by atoms with Crippen molar-refractivity contribution in [3.05, 3.63) is 6.07 Å². The highest BCUT2D eigenvalue weighted by Gasteiger charge is 2.09. The van der Waals surface area contributed by atoms with E-state index in [4.69, 9.17) is 10.8 Å². The predicted octanol–water partition coefficient (Wildman–Crippen LogP) is -0.0487. The number of rotatable bonds is 0. The van der Waals surface area contributed by atoms with Crippen LogP contribution in [0.5, 0.6) is 11.8 Å². The van der Waals surface area contributed by atoms with Crippen molar-refractivity contribution in [2.75, 3.05) is 5.73 Å². The lowest BCUT2D eigenvalue weighted by Gasteiger charge is -1.94. The SMILES string of the molecule is Nc1n[nH]c2cc(O)nc(O)c12. The minimum Gasteiger partial charge on any atom is -0.493 e. The normalized spacial score (nSPS) is 10.7. The fourth-order valence-electron chi connectivity index (χ4n) is 1.04. The Morgan fingerprint density at radius 3 is 2.92 bits per heavy atom. The summed E-state index contributed by atoms with van der Waals surface area (Å²) in [7, 11) is 0. The van der Waals surface area contributed by atoms with Gasteiger partial charge in [-0.3, -0.25) is 5.10 Å². The third-order valence-electron chi connectivity index (χ3n) is 1.54. The second-order valence-electron chi connectivity index (χ2n) is 2.34. The summed E-state index contributed by atoms with van der Waals surface area (Å²) in [5, 5.41) is 24.7. The van der Waals surface area contributed by atoms with Crippen LogP contribution in [0.15, 0.2) is 6.07 Å². The number of nitrogens with two attached hydrogens (primary N) is 1.